The largest absolute Gasteiger partial charge is 0.359 e. The van der Waals surface area contributed by atoms with Crippen molar-refractivity contribution in [1.29, 1.82) is 0 Å². The van der Waals surface area contributed by atoms with E-state index in [0.717, 1.165) is 31.4 Å². The summed E-state index contributed by atoms with van der Waals surface area (Å²) in [6, 6.07) is 0. The van der Waals surface area contributed by atoms with E-state index < -0.39 is 11.0 Å². The smallest absolute Gasteiger partial charge is 0.242 e. The van der Waals surface area contributed by atoms with Gasteiger partial charge in [0.2, 0.25) is 11.8 Å². The Hall–Kier alpha value is -2.02. The number of nitrogens with one attached hydrogen (secondary N) is 1. The summed E-state index contributed by atoms with van der Waals surface area (Å²) in [5.41, 5.74) is 5.41. The molecular formula is C18H29N5O2. The highest BCUT2D eigenvalue weighted by Crippen LogP contribution is 2.36. The molecule has 1 saturated heterocycles. The Labute approximate surface area is 149 Å². The molecule has 2 heterocycles. The van der Waals surface area contributed by atoms with E-state index in [1.165, 1.54) is 0 Å². The van der Waals surface area contributed by atoms with E-state index in [2.05, 4.69) is 15.3 Å². The third-order valence-electron chi connectivity index (χ3n) is 4.83. The summed E-state index contributed by atoms with van der Waals surface area (Å²) in [5, 5.41) is 2.79. The molecule has 138 valence electrons. The first-order chi connectivity index (χ1) is 11.8. The highest BCUT2D eigenvalue weighted by atomic mass is 16.2. The molecule has 3 N–H and O–H groups in total. The third-order valence-corrected chi connectivity index (χ3v) is 4.83. The van der Waals surface area contributed by atoms with E-state index in [4.69, 9.17) is 5.73 Å². The summed E-state index contributed by atoms with van der Waals surface area (Å²) in [6.07, 6.45) is 8.95. The molecule has 7 heteroatoms. The molecule has 1 atom stereocenters. The molecule has 1 aromatic heterocycles. The van der Waals surface area contributed by atoms with E-state index in [0.29, 0.717) is 19.5 Å². The van der Waals surface area contributed by atoms with Gasteiger partial charge in [0.25, 0.3) is 0 Å². The van der Waals surface area contributed by atoms with Crippen LogP contribution in [-0.2, 0) is 16.0 Å². The van der Waals surface area contributed by atoms with Gasteiger partial charge in [0, 0.05) is 38.7 Å². The van der Waals surface area contributed by atoms with Crippen LogP contribution in [0.5, 0.6) is 0 Å². The molecule has 1 aliphatic heterocycles. The van der Waals surface area contributed by atoms with Crippen molar-refractivity contribution in [3.8, 4) is 0 Å². The lowest BCUT2D eigenvalue weighted by Gasteiger charge is -2.43. The molecule has 1 aromatic rings. The van der Waals surface area contributed by atoms with Crippen LogP contribution in [0.2, 0.25) is 0 Å². The quantitative estimate of drug-likeness (QED) is 0.796. The second-order valence-corrected chi connectivity index (χ2v) is 7.46. The van der Waals surface area contributed by atoms with E-state index in [9.17, 15) is 9.59 Å². The highest BCUT2D eigenvalue weighted by Gasteiger charge is 2.44. The van der Waals surface area contributed by atoms with Crippen molar-refractivity contribution in [2.45, 2.75) is 51.5 Å². The van der Waals surface area contributed by atoms with Gasteiger partial charge >= 0.3 is 0 Å². The predicted molar refractivity (Wildman–Crippen MR) is 95.6 cm³/mol. The minimum Gasteiger partial charge on any atom is -0.359 e. The Kier molecular flexibility index (Phi) is 6.11. The zero-order valence-corrected chi connectivity index (χ0v) is 15.4. The maximum Gasteiger partial charge on any atom is 0.242 e. The summed E-state index contributed by atoms with van der Waals surface area (Å²) in [5.74, 6) is -0.103. The molecule has 0 aromatic carbocycles. The fourth-order valence-corrected chi connectivity index (χ4v) is 3.55. The zero-order chi connectivity index (χ0) is 18.5. The van der Waals surface area contributed by atoms with Gasteiger partial charge in [-0.3, -0.25) is 19.6 Å². The lowest BCUT2D eigenvalue weighted by molar-refractivity contribution is -0.144. The van der Waals surface area contributed by atoms with Crippen molar-refractivity contribution in [2.75, 3.05) is 20.1 Å². The van der Waals surface area contributed by atoms with Gasteiger partial charge < -0.3 is 16.0 Å². The molecule has 0 aliphatic carbocycles. The number of nitrogens with zero attached hydrogens (tertiary/aromatic N) is 3. The molecule has 25 heavy (non-hydrogen) atoms. The van der Waals surface area contributed by atoms with Crippen LogP contribution in [0.15, 0.2) is 18.6 Å². The molecule has 0 spiro atoms. The fourth-order valence-electron chi connectivity index (χ4n) is 3.55. The number of hydrogen-bond acceptors (Lipinski definition) is 5. The van der Waals surface area contributed by atoms with Crippen LogP contribution in [0.3, 0.4) is 0 Å². The normalized spacial score (nSPS) is 21.0. The number of amides is 2. The fraction of sp³-hybridized carbons (Fsp3) is 0.667. The van der Waals surface area contributed by atoms with Crippen molar-refractivity contribution in [2.24, 2.45) is 11.1 Å². The van der Waals surface area contributed by atoms with Crippen LogP contribution >= 0.6 is 0 Å². The van der Waals surface area contributed by atoms with Gasteiger partial charge in [-0.15, -0.1) is 0 Å². The van der Waals surface area contributed by atoms with Crippen LogP contribution < -0.4 is 11.1 Å². The van der Waals surface area contributed by atoms with Crippen LogP contribution in [0, 0.1) is 5.41 Å². The molecule has 1 fully saturated rings. The van der Waals surface area contributed by atoms with Gasteiger partial charge in [0.05, 0.1) is 16.6 Å². The molecule has 2 amide bonds. The van der Waals surface area contributed by atoms with Crippen molar-refractivity contribution in [3.05, 3.63) is 24.3 Å². The number of nitrogens with two attached hydrogens (primary N) is 1. The van der Waals surface area contributed by atoms with Gasteiger partial charge in [-0.25, -0.2) is 0 Å². The lowest BCUT2D eigenvalue weighted by atomic mass is 9.74. The molecule has 0 unspecified atom stereocenters. The Morgan fingerprint density at radius 1 is 1.40 bits per heavy atom. The number of carbonyl (C=O) groups is 2. The average Bonchev–Trinajstić information content (AvgIpc) is 2.60. The maximum absolute atomic E-state index is 12.6. The Bertz CT molecular complexity index is 599. The molecule has 0 saturated carbocycles. The lowest BCUT2D eigenvalue weighted by Crippen LogP contribution is -2.58. The highest BCUT2D eigenvalue weighted by molar-refractivity contribution is 5.87. The van der Waals surface area contributed by atoms with E-state index in [1.54, 1.807) is 44.4 Å². The zero-order valence-electron chi connectivity index (χ0n) is 15.4. The molecule has 0 bridgehead atoms. The summed E-state index contributed by atoms with van der Waals surface area (Å²) in [6.45, 7) is 4.49. The maximum atomic E-state index is 12.6. The molecule has 1 aliphatic rings. The van der Waals surface area contributed by atoms with Gasteiger partial charge in [-0.05, 0) is 46.0 Å². The second kappa shape index (κ2) is 7.91. The monoisotopic (exact) mass is 347 g/mol. The van der Waals surface area contributed by atoms with E-state index in [1.807, 2.05) is 0 Å². The summed E-state index contributed by atoms with van der Waals surface area (Å²) >= 11 is 0. The Morgan fingerprint density at radius 2 is 2.16 bits per heavy atom. The number of hydrogen-bond donors (Lipinski definition) is 2. The van der Waals surface area contributed by atoms with Crippen molar-refractivity contribution < 1.29 is 9.59 Å². The number of likely N-dealkylation sites (tertiary alicyclic amines) is 1. The average molecular weight is 347 g/mol. The number of carbonyl (C=O) groups excluding carboxylic acids is 2. The SMILES string of the molecule is CNC(=O)[C@@]1(CCCc2cnccn2)CCCN(C(=O)C(C)(C)N)C1. The number of piperidine rings is 1. The van der Waals surface area contributed by atoms with Crippen molar-refractivity contribution >= 4 is 11.8 Å². The number of aryl methyl sites for hydroxylation is 1. The van der Waals surface area contributed by atoms with Crippen LogP contribution in [0.1, 0.15) is 45.2 Å². The molecule has 0 radical (unpaired) electrons. The van der Waals surface area contributed by atoms with Crippen molar-refractivity contribution in [3.63, 3.8) is 0 Å². The standard InChI is InChI=1S/C18H29N5O2/c1-17(2,19)16(25)23-11-5-8-18(13-23,15(24)20-3)7-4-6-14-12-21-9-10-22-14/h9-10,12H,4-8,11,13,19H2,1-3H3,(H,20,24)/t18-/m0/s1. The van der Waals surface area contributed by atoms with Gasteiger partial charge in [0.15, 0.2) is 0 Å². The van der Waals surface area contributed by atoms with Gasteiger partial charge in [-0.1, -0.05) is 0 Å². The second-order valence-electron chi connectivity index (χ2n) is 7.46. The minimum absolute atomic E-state index is 0.000951. The molecule has 7 nitrogen and oxygen atoms in total. The number of rotatable bonds is 6. The van der Waals surface area contributed by atoms with Gasteiger partial charge in [-0.2, -0.15) is 0 Å². The first-order valence-electron chi connectivity index (χ1n) is 8.84. The minimum atomic E-state index is -0.925. The van der Waals surface area contributed by atoms with Crippen LogP contribution in [0.4, 0.5) is 0 Å². The van der Waals surface area contributed by atoms with Crippen LogP contribution in [0.25, 0.3) is 0 Å². The summed E-state index contributed by atoms with van der Waals surface area (Å²) in [7, 11) is 1.65. The summed E-state index contributed by atoms with van der Waals surface area (Å²) < 4.78 is 0. The van der Waals surface area contributed by atoms with E-state index in [-0.39, 0.29) is 11.8 Å². The third kappa shape index (κ3) is 4.75. The Morgan fingerprint density at radius 3 is 2.76 bits per heavy atom. The Balaban J connectivity index is 2.08. The van der Waals surface area contributed by atoms with Crippen molar-refractivity contribution in [1.82, 2.24) is 20.2 Å². The first-order valence-corrected chi connectivity index (χ1v) is 8.84. The number of aromatic nitrogens is 2. The predicted octanol–water partition coefficient (Wildman–Crippen LogP) is 0.891. The molecular weight excluding hydrogens is 318 g/mol. The summed E-state index contributed by atoms with van der Waals surface area (Å²) in [4.78, 5) is 35.3. The first kappa shape index (κ1) is 19.3. The van der Waals surface area contributed by atoms with E-state index >= 15 is 0 Å². The van der Waals surface area contributed by atoms with Crippen LogP contribution in [-0.4, -0.2) is 52.4 Å². The van der Waals surface area contributed by atoms with Gasteiger partial charge in [0.1, 0.15) is 0 Å². The topological polar surface area (TPSA) is 101 Å². The molecule has 2 rings (SSSR count).